The molecule has 0 aliphatic rings. The predicted octanol–water partition coefficient (Wildman–Crippen LogP) is 5.13. The van der Waals surface area contributed by atoms with Crippen LogP contribution in [0.2, 0.25) is 0 Å². The van der Waals surface area contributed by atoms with E-state index in [1.54, 1.807) is 18.1 Å². The summed E-state index contributed by atoms with van der Waals surface area (Å²) in [4.78, 5) is 9.73. The predicted molar refractivity (Wildman–Crippen MR) is 116 cm³/mol. The van der Waals surface area contributed by atoms with E-state index in [0.29, 0.717) is 0 Å². The van der Waals surface area contributed by atoms with Crippen molar-refractivity contribution in [1.29, 1.82) is 0 Å². The fourth-order valence-corrected chi connectivity index (χ4v) is 3.55. The normalized spacial score (nSPS) is 10.5. The van der Waals surface area contributed by atoms with E-state index in [2.05, 4.69) is 50.8 Å². The highest BCUT2D eigenvalue weighted by atomic mass is 32.2. The Kier molecular flexibility index (Phi) is 5.67. The molecule has 2 heterocycles. The highest BCUT2D eigenvalue weighted by Gasteiger charge is 2.01. The van der Waals surface area contributed by atoms with Crippen molar-refractivity contribution in [3.63, 3.8) is 0 Å². The summed E-state index contributed by atoms with van der Waals surface area (Å²) >= 11 is 1.62. The van der Waals surface area contributed by atoms with Gasteiger partial charge in [0.15, 0.2) is 0 Å². The number of fused-ring (bicyclic) bond motifs is 1. The Morgan fingerprint density at radius 3 is 2.61 bits per heavy atom. The summed E-state index contributed by atoms with van der Waals surface area (Å²) in [6, 6.07) is 20.6. The standard InChI is InChI=1S/C24H19N3S/c1-18-14-20(16-25-15-18)7-6-19-8-10-22(11-9-19)28-27-17-21-12-13-26-24-5-3-2-4-23(21)24/h2-5,8-16,27H,17H2,1H3. The molecule has 1 N–H and O–H groups in total. The van der Waals surface area contributed by atoms with Crippen LogP contribution in [0.25, 0.3) is 10.9 Å². The third-order valence-electron chi connectivity index (χ3n) is 4.27. The quantitative estimate of drug-likeness (QED) is 0.393. The Hall–Kier alpha value is -3.13. The van der Waals surface area contributed by atoms with Crippen LogP contribution in [-0.2, 0) is 6.54 Å². The maximum Gasteiger partial charge on any atom is 0.0705 e. The lowest BCUT2D eigenvalue weighted by molar-refractivity contribution is 0.982. The summed E-state index contributed by atoms with van der Waals surface area (Å²) in [5, 5.41) is 1.19. The molecule has 0 atom stereocenters. The van der Waals surface area contributed by atoms with Crippen LogP contribution < -0.4 is 4.72 Å². The highest BCUT2D eigenvalue weighted by molar-refractivity contribution is 7.97. The van der Waals surface area contributed by atoms with Crippen LogP contribution in [0.5, 0.6) is 0 Å². The Morgan fingerprint density at radius 1 is 0.929 bits per heavy atom. The molecule has 0 saturated heterocycles. The number of nitrogens with one attached hydrogen (secondary N) is 1. The zero-order valence-corrected chi connectivity index (χ0v) is 16.3. The van der Waals surface area contributed by atoms with Gasteiger partial charge in [-0.1, -0.05) is 30.0 Å². The molecule has 4 aromatic rings. The molecule has 0 amide bonds. The lowest BCUT2D eigenvalue weighted by Crippen LogP contribution is -2.03. The van der Waals surface area contributed by atoms with E-state index in [0.717, 1.165) is 33.6 Å². The van der Waals surface area contributed by atoms with Crippen LogP contribution in [0.1, 0.15) is 22.3 Å². The van der Waals surface area contributed by atoms with Crippen LogP contribution in [0.4, 0.5) is 0 Å². The number of hydrogen-bond donors (Lipinski definition) is 1. The lowest BCUT2D eigenvalue weighted by Gasteiger charge is -2.07. The zero-order chi connectivity index (χ0) is 19.2. The molecule has 0 bridgehead atoms. The maximum atomic E-state index is 4.41. The van der Waals surface area contributed by atoms with Gasteiger partial charge >= 0.3 is 0 Å². The van der Waals surface area contributed by atoms with Gasteiger partial charge < -0.3 is 0 Å². The van der Waals surface area contributed by atoms with E-state index in [4.69, 9.17) is 0 Å². The van der Waals surface area contributed by atoms with Gasteiger partial charge in [-0.25, -0.2) is 0 Å². The first-order chi connectivity index (χ1) is 13.8. The van der Waals surface area contributed by atoms with E-state index in [9.17, 15) is 0 Å². The smallest absolute Gasteiger partial charge is 0.0705 e. The van der Waals surface area contributed by atoms with Gasteiger partial charge in [0, 0.05) is 46.5 Å². The van der Waals surface area contributed by atoms with Crippen LogP contribution in [0.15, 0.2) is 84.1 Å². The fourth-order valence-electron chi connectivity index (χ4n) is 2.88. The molecule has 2 aromatic carbocycles. The van der Waals surface area contributed by atoms with Crippen molar-refractivity contribution in [2.24, 2.45) is 0 Å². The molecule has 2 aromatic heterocycles. The second-order valence-electron chi connectivity index (χ2n) is 6.44. The van der Waals surface area contributed by atoms with E-state index >= 15 is 0 Å². The highest BCUT2D eigenvalue weighted by Crippen LogP contribution is 2.19. The van der Waals surface area contributed by atoms with Crippen molar-refractivity contribution < 1.29 is 0 Å². The molecule has 0 radical (unpaired) electrons. The van der Waals surface area contributed by atoms with E-state index in [1.807, 2.05) is 55.7 Å². The number of aromatic nitrogens is 2. The Balaban J connectivity index is 1.37. The van der Waals surface area contributed by atoms with E-state index < -0.39 is 0 Å². The van der Waals surface area contributed by atoms with Gasteiger partial charge in [-0.3, -0.25) is 14.7 Å². The molecule has 0 aliphatic heterocycles. The van der Waals surface area contributed by atoms with Crippen molar-refractivity contribution in [2.75, 3.05) is 0 Å². The molecule has 4 rings (SSSR count). The molecule has 0 fully saturated rings. The van der Waals surface area contributed by atoms with Gasteiger partial charge in [0.1, 0.15) is 0 Å². The first-order valence-electron chi connectivity index (χ1n) is 9.04. The molecule has 3 nitrogen and oxygen atoms in total. The summed E-state index contributed by atoms with van der Waals surface area (Å²) in [5.74, 6) is 6.35. The molecule has 0 spiro atoms. The molecule has 136 valence electrons. The van der Waals surface area contributed by atoms with Crippen molar-refractivity contribution in [1.82, 2.24) is 14.7 Å². The Labute approximate surface area is 169 Å². The second kappa shape index (κ2) is 8.71. The number of hydrogen-bond acceptors (Lipinski definition) is 4. The van der Waals surface area contributed by atoms with E-state index in [1.165, 1.54) is 10.9 Å². The summed E-state index contributed by atoms with van der Waals surface area (Å²) < 4.78 is 3.44. The largest absolute Gasteiger partial charge is 0.263 e. The van der Waals surface area contributed by atoms with E-state index in [-0.39, 0.29) is 0 Å². The minimum absolute atomic E-state index is 0.773. The number of pyridine rings is 2. The second-order valence-corrected chi connectivity index (χ2v) is 7.40. The van der Waals surface area contributed by atoms with Crippen LogP contribution in [0, 0.1) is 18.8 Å². The molecule has 0 aliphatic carbocycles. The molecular weight excluding hydrogens is 362 g/mol. The Morgan fingerprint density at radius 2 is 1.75 bits per heavy atom. The van der Waals surface area contributed by atoms with Crippen molar-refractivity contribution in [3.8, 4) is 11.8 Å². The van der Waals surface area contributed by atoms with Crippen LogP contribution >= 0.6 is 11.9 Å². The summed E-state index contributed by atoms with van der Waals surface area (Å²) in [6.45, 7) is 2.79. The zero-order valence-electron chi connectivity index (χ0n) is 15.5. The van der Waals surface area contributed by atoms with Crippen molar-refractivity contribution >= 4 is 22.9 Å². The van der Waals surface area contributed by atoms with Gasteiger partial charge in [-0.15, -0.1) is 0 Å². The van der Waals surface area contributed by atoms with Gasteiger partial charge in [0.2, 0.25) is 0 Å². The molecule has 0 saturated carbocycles. The van der Waals surface area contributed by atoms with Gasteiger partial charge in [0.25, 0.3) is 0 Å². The molecule has 28 heavy (non-hydrogen) atoms. The topological polar surface area (TPSA) is 37.8 Å². The lowest BCUT2D eigenvalue weighted by atomic mass is 10.1. The first kappa shape index (κ1) is 18.2. The van der Waals surface area contributed by atoms with Crippen molar-refractivity contribution in [2.45, 2.75) is 18.4 Å². The SMILES string of the molecule is Cc1cncc(C#Cc2ccc(SNCc3ccnc4ccccc34)cc2)c1. The van der Waals surface area contributed by atoms with Gasteiger partial charge in [0.05, 0.1) is 5.52 Å². The summed E-state index contributed by atoms with van der Waals surface area (Å²) in [7, 11) is 0. The third kappa shape index (κ3) is 4.58. The van der Waals surface area contributed by atoms with Crippen LogP contribution in [-0.4, -0.2) is 9.97 Å². The summed E-state index contributed by atoms with van der Waals surface area (Å²) in [6.07, 6.45) is 5.48. The minimum Gasteiger partial charge on any atom is -0.263 e. The van der Waals surface area contributed by atoms with Gasteiger partial charge in [-0.2, -0.15) is 0 Å². The average molecular weight is 382 g/mol. The molecular formula is C24H19N3S. The summed E-state index contributed by atoms with van der Waals surface area (Å²) in [5.41, 5.74) is 5.31. The Bertz CT molecular complexity index is 1150. The first-order valence-corrected chi connectivity index (χ1v) is 9.86. The maximum absolute atomic E-state index is 4.41. The van der Waals surface area contributed by atoms with Crippen LogP contribution in [0.3, 0.4) is 0 Å². The number of rotatable bonds is 4. The third-order valence-corrected chi connectivity index (χ3v) is 5.07. The number of nitrogens with zero attached hydrogens (tertiary/aromatic N) is 2. The number of para-hydroxylation sites is 1. The minimum atomic E-state index is 0.773. The average Bonchev–Trinajstić information content (AvgIpc) is 2.73. The molecule has 0 unspecified atom stereocenters. The monoisotopic (exact) mass is 381 g/mol. The fraction of sp³-hybridized carbons (Fsp3) is 0.0833. The van der Waals surface area contributed by atoms with Crippen molar-refractivity contribution in [3.05, 3.63) is 102 Å². The number of benzene rings is 2. The number of aryl methyl sites for hydroxylation is 1. The van der Waals surface area contributed by atoms with Gasteiger partial charge in [-0.05, 0) is 72.5 Å². The molecule has 4 heteroatoms.